The first-order chi connectivity index (χ1) is 12.3. The van der Waals surface area contributed by atoms with Crippen LogP contribution in [0.25, 0.3) is 5.69 Å². The van der Waals surface area contributed by atoms with Crippen LogP contribution < -0.4 is 9.47 Å². The average molecular weight is 336 g/mol. The Morgan fingerprint density at radius 1 is 1.12 bits per heavy atom. The van der Waals surface area contributed by atoms with Gasteiger partial charge in [-0.05, 0) is 42.7 Å². The van der Waals surface area contributed by atoms with Crippen molar-refractivity contribution in [1.29, 1.82) is 0 Å². The Morgan fingerprint density at radius 2 is 1.96 bits per heavy atom. The van der Waals surface area contributed by atoms with Gasteiger partial charge in [0.2, 0.25) is 0 Å². The van der Waals surface area contributed by atoms with Crippen molar-refractivity contribution in [3.8, 4) is 17.2 Å². The molecule has 2 heterocycles. The summed E-state index contributed by atoms with van der Waals surface area (Å²) in [7, 11) is 3.28. The lowest BCUT2D eigenvalue weighted by Gasteiger charge is -2.10. The first-order valence-corrected chi connectivity index (χ1v) is 8.35. The summed E-state index contributed by atoms with van der Waals surface area (Å²) in [6.45, 7) is 0. The summed E-state index contributed by atoms with van der Waals surface area (Å²) >= 11 is 0. The topological polar surface area (TPSA) is 62.1 Å². The molecule has 1 saturated carbocycles. The normalized spacial score (nSPS) is 13.7. The number of hydrogen-bond donors (Lipinski definition) is 0. The van der Waals surface area contributed by atoms with Crippen molar-refractivity contribution in [2.45, 2.75) is 25.2 Å². The fourth-order valence-corrected chi connectivity index (χ4v) is 2.85. The molecule has 4 rings (SSSR count). The number of ether oxygens (including phenoxy) is 2. The van der Waals surface area contributed by atoms with Crippen molar-refractivity contribution >= 4 is 0 Å². The monoisotopic (exact) mass is 336 g/mol. The smallest absolute Gasteiger partial charge is 0.161 e. The second-order valence-corrected chi connectivity index (χ2v) is 6.15. The third kappa shape index (κ3) is 3.20. The predicted molar refractivity (Wildman–Crippen MR) is 93.5 cm³/mol. The van der Waals surface area contributed by atoms with Gasteiger partial charge in [-0.2, -0.15) is 5.10 Å². The molecule has 1 fully saturated rings. The van der Waals surface area contributed by atoms with Gasteiger partial charge in [-0.15, -0.1) is 0 Å². The zero-order valence-corrected chi connectivity index (χ0v) is 14.3. The van der Waals surface area contributed by atoms with E-state index in [0.717, 1.165) is 34.4 Å². The highest BCUT2D eigenvalue weighted by Gasteiger charge is 2.29. The van der Waals surface area contributed by atoms with E-state index in [1.54, 1.807) is 20.4 Å². The van der Waals surface area contributed by atoms with Gasteiger partial charge in [0.15, 0.2) is 17.3 Å². The maximum Gasteiger partial charge on any atom is 0.161 e. The van der Waals surface area contributed by atoms with Crippen LogP contribution in [0.4, 0.5) is 0 Å². The van der Waals surface area contributed by atoms with Crippen LogP contribution in [0.3, 0.4) is 0 Å². The number of rotatable bonds is 6. The second-order valence-electron chi connectivity index (χ2n) is 6.15. The molecule has 1 aromatic carbocycles. The summed E-state index contributed by atoms with van der Waals surface area (Å²) in [5.74, 6) is 3.78. The standard InChI is InChI=1S/C19H20N4O2/c1-24-16-8-5-13(10-17(16)25-2)11-18-21-19(14-6-7-14)22-23(18)15-4-3-9-20-12-15/h3-5,8-10,12,14H,6-7,11H2,1-2H3. The van der Waals surface area contributed by atoms with Gasteiger partial charge >= 0.3 is 0 Å². The van der Waals surface area contributed by atoms with Gasteiger partial charge in [0.1, 0.15) is 5.82 Å². The summed E-state index contributed by atoms with van der Waals surface area (Å²) in [5.41, 5.74) is 2.02. The molecule has 0 atom stereocenters. The quantitative estimate of drug-likeness (QED) is 0.692. The number of benzene rings is 1. The number of hydrogen-bond acceptors (Lipinski definition) is 5. The number of methoxy groups -OCH3 is 2. The zero-order chi connectivity index (χ0) is 17.2. The first-order valence-electron chi connectivity index (χ1n) is 8.35. The molecule has 6 heteroatoms. The van der Waals surface area contributed by atoms with Crippen LogP contribution in [0, 0.1) is 0 Å². The first kappa shape index (κ1) is 15.6. The van der Waals surface area contributed by atoms with Crippen molar-refractivity contribution < 1.29 is 9.47 Å². The van der Waals surface area contributed by atoms with Gasteiger partial charge in [0, 0.05) is 18.5 Å². The Hall–Kier alpha value is -2.89. The molecule has 0 unspecified atom stereocenters. The molecule has 6 nitrogen and oxygen atoms in total. The van der Waals surface area contributed by atoms with Crippen LogP contribution in [0.15, 0.2) is 42.7 Å². The fraction of sp³-hybridized carbons (Fsp3) is 0.316. The van der Waals surface area contributed by atoms with E-state index in [-0.39, 0.29) is 0 Å². The highest BCUT2D eigenvalue weighted by molar-refractivity contribution is 5.44. The van der Waals surface area contributed by atoms with Gasteiger partial charge in [0.25, 0.3) is 0 Å². The molecule has 0 bridgehead atoms. The lowest BCUT2D eigenvalue weighted by atomic mass is 10.1. The molecule has 0 radical (unpaired) electrons. The summed E-state index contributed by atoms with van der Waals surface area (Å²) in [6, 6.07) is 9.84. The lowest BCUT2D eigenvalue weighted by molar-refractivity contribution is 0.354. The largest absolute Gasteiger partial charge is 0.493 e. The molecule has 128 valence electrons. The molecule has 0 saturated heterocycles. The molecule has 25 heavy (non-hydrogen) atoms. The molecule has 1 aliphatic rings. The van der Waals surface area contributed by atoms with Crippen LogP contribution >= 0.6 is 0 Å². The van der Waals surface area contributed by atoms with E-state index in [9.17, 15) is 0 Å². The molecular weight excluding hydrogens is 316 g/mol. The van der Waals surface area contributed by atoms with Gasteiger partial charge in [0.05, 0.1) is 26.1 Å². The Balaban J connectivity index is 1.70. The van der Waals surface area contributed by atoms with Crippen molar-refractivity contribution in [2.75, 3.05) is 14.2 Å². The average Bonchev–Trinajstić information content (AvgIpc) is 3.43. The van der Waals surface area contributed by atoms with Gasteiger partial charge < -0.3 is 9.47 Å². The third-order valence-corrected chi connectivity index (χ3v) is 4.33. The van der Waals surface area contributed by atoms with Crippen molar-refractivity contribution in [3.05, 3.63) is 59.9 Å². The Kier molecular flexibility index (Phi) is 4.09. The van der Waals surface area contributed by atoms with Crippen molar-refractivity contribution in [3.63, 3.8) is 0 Å². The summed E-state index contributed by atoms with van der Waals surface area (Å²) in [6.07, 6.45) is 6.58. The molecular formula is C19H20N4O2. The summed E-state index contributed by atoms with van der Waals surface area (Å²) in [5, 5.41) is 4.72. The highest BCUT2D eigenvalue weighted by Crippen LogP contribution is 2.38. The van der Waals surface area contributed by atoms with E-state index in [1.165, 1.54) is 12.8 Å². The third-order valence-electron chi connectivity index (χ3n) is 4.33. The van der Waals surface area contributed by atoms with E-state index >= 15 is 0 Å². The van der Waals surface area contributed by atoms with Crippen LogP contribution in [0.2, 0.25) is 0 Å². The number of nitrogens with zero attached hydrogens (tertiary/aromatic N) is 4. The van der Waals surface area contributed by atoms with E-state index < -0.39 is 0 Å². The van der Waals surface area contributed by atoms with Crippen LogP contribution in [-0.4, -0.2) is 34.0 Å². The predicted octanol–water partition coefficient (Wildman–Crippen LogP) is 3.15. The molecule has 0 spiro atoms. The van der Waals surface area contributed by atoms with Crippen molar-refractivity contribution in [2.24, 2.45) is 0 Å². The molecule has 0 amide bonds. The van der Waals surface area contributed by atoms with E-state index in [1.807, 2.05) is 41.2 Å². The van der Waals surface area contributed by atoms with E-state index in [4.69, 9.17) is 19.6 Å². The number of aromatic nitrogens is 4. The van der Waals surface area contributed by atoms with Crippen LogP contribution in [0.1, 0.15) is 36.0 Å². The maximum absolute atomic E-state index is 5.41. The fourth-order valence-electron chi connectivity index (χ4n) is 2.85. The SMILES string of the molecule is COc1ccc(Cc2nc(C3CC3)nn2-c2cccnc2)cc1OC. The highest BCUT2D eigenvalue weighted by atomic mass is 16.5. The minimum Gasteiger partial charge on any atom is -0.493 e. The molecule has 0 aliphatic heterocycles. The van der Waals surface area contributed by atoms with Gasteiger partial charge in [-0.1, -0.05) is 6.07 Å². The molecule has 1 aliphatic carbocycles. The van der Waals surface area contributed by atoms with Gasteiger partial charge in [-0.3, -0.25) is 4.98 Å². The Bertz CT molecular complexity index is 872. The van der Waals surface area contributed by atoms with Crippen molar-refractivity contribution in [1.82, 2.24) is 19.7 Å². The van der Waals surface area contributed by atoms with E-state index in [2.05, 4.69) is 4.98 Å². The molecule has 2 aromatic heterocycles. The zero-order valence-electron chi connectivity index (χ0n) is 14.3. The summed E-state index contributed by atoms with van der Waals surface area (Å²) < 4.78 is 12.6. The Morgan fingerprint density at radius 3 is 2.64 bits per heavy atom. The number of pyridine rings is 1. The second kappa shape index (κ2) is 6.55. The Labute approximate surface area is 146 Å². The molecule has 3 aromatic rings. The van der Waals surface area contributed by atoms with Crippen LogP contribution in [-0.2, 0) is 6.42 Å². The van der Waals surface area contributed by atoms with E-state index in [0.29, 0.717) is 12.3 Å². The molecule has 0 N–H and O–H groups in total. The summed E-state index contributed by atoms with van der Waals surface area (Å²) in [4.78, 5) is 9.00. The van der Waals surface area contributed by atoms with Crippen LogP contribution in [0.5, 0.6) is 11.5 Å². The lowest BCUT2D eigenvalue weighted by Crippen LogP contribution is -2.04. The van der Waals surface area contributed by atoms with Gasteiger partial charge in [-0.25, -0.2) is 9.67 Å². The maximum atomic E-state index is 5.41. The minimum atomic E-state index is 0.502. The minimum absolute atomic E-state index is 0.502.